The summed E-state index contributed by atoms with van der Waals surface area (Å²) >= 11 is 17.7. The molecule has 2 aliphatic rings. The fraction of sp³-hybridized carbons (Fsp3) is 0.258. The Labute approximate surface area is 287 Å². The van der Waals surface area contributed by atoms with Crippen molar-refractivity contribution in [1.29, 1.82) is 0 Å². The van der Waals surface area contributed by atoms with Crippen molar-refractivity contribution in [2.45, 2.75) is 30.5 Å². The minimum Gasteiger partial charge on any atom is -0.506 e. The molecule has 11 heteroatoms. The van der Waals surface area contributed by atoms with Crippen molar-refractivity contribution in [3.05, 3.63) is 94.4 Å². The highest BCUT2D eigenvalue weighted by Crippen LogP contribution is 2.60. The molecule has 5 nitrogen and oxygen atoms in total. The van der Waals surface area contributed by atoms with Gasteiger partial charge in [0.05, 0.1) is 36.7 Å². The third-order valence-electron chi connectivity index (χ3n) is 6.59. The van der Waals surface area contributed by atoms with Gasteiger partial charge in [-0.05, 0) is 155 Å². The van der Waals surface area contributed by atoms with E-state index in [1.165, 1.54) is 0 Å². The molecule has 2 heterocycles. The first-order chi connectivity index (χ1) is 20.0. The number of esters is 1. The second-order valence-corrected chi connectivity index (χ2v) is 16.1. The molecule has 0 bridgehead atoms. The summed E-state index contributed by atoms with van der Waals surface area (Å²) in [6, 6.07) is 15.3. The Kier molecular flexibility index (Phi) is 10.2. The molecule has 0 aliphatic carbocycles. The summed E-state index contributed by atoms with van der Waals surface area (Å²) in [5, 5.41) is 10.5. The predicted molar refractivity (Wildman–Crippen MR) is 186 cm³/mol. The first-order valence-electron chi connectivity index (χ1n) is 13.0. The van der Waals surface area contributed by atoms with E-state index in [9.17, 15) is 9.90 Å². The minimum atomic E-state index is -0.779. The highest BCUT2D eigenvalue weighted by atomic mass is 79.9. The van der Waals surface area contributed by atoms with E-state index in [0.29, 0.717) is 37.3 Å². The fourth-order valence-corrected chi connectivity index (χ4v) is 10.4. The molecule has 1 saturated heterocycles. The maximum absolute atomic E-state index is 14.1. The molecule has 0 amide bonds. The van der Waals surface area contributed by atoms with Crippen LogP contribution < -0.4 is 9.47 Å². The van der Waals surface area contributed by atoms with Gasteiger partial charge in [-0.2, -0.15) is 0 Å². The predicted octanol–water partition coefficient (Wildman–Crippen LogP) is 10.3. The smallest absolute Gasteiger partial charge is 0.342 e. The van der Waals surface area contributed by atoms with Crippen LogP contribution in [0.1, 0.15) is 37.0 Å². The number of aromatic hydroxyl groups is 1. The monoisotopic (exact) mass is 858 g/mol. The number of ether oxygens (including phenoxy) is 3. The van der Waals surface area contributed by atoms with Crippen molar-refractivity contribution < 1.29 is 24.1 Å². The lowest BCUT2D eigenvalue weighted by Crippen LogP contribution is -2.29. The Morgan fingerprint density at radius 1 is 0.929 bits per heavy atom. The zero-order valence-electron chi connectivity index (χ0n) is 22.8. The number of allylic oxidation sites excluding steroid dienone is 1. The minimum absolute atomic E-state index is 0.00647. The van der Waals surface area contributed by atoms with Crippen LogP contribution in [0.2, 0.25) is 0 Å². The standard InChI is InChI=1S/C31H26Br4O5S2/c1-16(2)39-25-8-6-18(13-21(25)33)27-26(12-17-5-7-24(38-3)20(32)11-17)40-30(37)28(27)31(41-9-4-10-42-31)19-14-22(34)29(36)23(35)15-19/h5-8,11-16,36H,4,9-10H2,1-3H3/b26-12-. The number of benzene rings is 3. The number of rotatable bonds is 7. The second-order valence-electron chi connectivity index (χ2n) is 9.81. The van der Waals surface area contributed by atoms with E-state index >= 15 is 0 Å². The molecule has 0 spiro atoms. The first kappa shape index (κ1) is 32.0. The average molecular weight is 862 g/mol. The average Bonchev–Trinajstić information content (AvgIpc) is 3.28. The Morgan fingerprint density at radius 3 is 2.17 bits per heavy atom. The third-order valence-corrected chi connectivity index (χ3v) is 12.4. The number of carbonyl (C=O) groups excluding carboxylic acids is 1. The van der Waals surface area contributed by atoms with Crippen LogP contribution in [-0.2, 0) is 13.6 Å². The van der Waals surface area contributed by atoms with Gasteiger partial charge in [-0.1, -0.05) is 12.1 Å². The zero-order chi connectivity index (χ0) is 30.2. The molecule has 1 N–H and O–H groups in total. The number of hydrogen-bond donors (Lipinski definition) is 1. The molecule has 42 heavy (non-hydrogen) atoms. The zero-order valence-corrected chi connectivity index (χ0v) is 30.8. The van der Waals surface area contributed by atoms with Crippen LogP contribution in [0, 0.1) is 0 Å². The summed E-state index contributed by atoms with van der Waals surface area (Å²) in [5.74, 6) is 3.32. The quantitative estimate of drug-likeness (QED) is 0.238. The van der Waals surface area contributed by atoms with E-state index in [1.807, 2.05) is 68.5 Å². The lowest BCUT2D eigenvalue weighted by atomic mass is 9.93. The molecule has 0 saturated carbocycles. The summed E-state index contributed by atoms with van der Waals surface area (Å²) in [6.07, 6.45) is 2.91. The Morgan fingerprint density at radius 2 is 1.57 bits per heavy atom. The Hall–Kier alpha value is -1.37. The topological polar surface area (TPSA) is 65.0 Å². The number of halogens is 4. The maximum atomic E-state index is 14.1. The van der Waals surface area contributed by atoms with E-state index in [2.05, 4.69) is 63.7 Å². The van der Waals surface area contributed by atoms with Gasteiger partial charge < -0.3 is 19.3 Å². The van der Waals surface area contributed by atoms with Crippen LogP contribution in [0.25, 0.3) is 11.6 Å². The lowest BCUT2D eigenvalue weighted by molar-refractivity contribution is -0.133. The number of phenolic OH excluding ortho intramolecular Hbond substituents is 1. The molecule has 3 aromatic rings. The van der Waals surface area contributed by atoms with Gasteiger partial charge in [0, 0.05) is 5.57 Å². The van der Waals surface area contributed by atoms with E-state index in [-0.39, 0.29) is 11.9 Å². The number of cyclic esters (lactones) is 1. The van der Waals surface area contributed by atoms with Gasteiger partial charge >= 0.3 is 5.97 Å². The second kappa shape index (κ2) is 13.3. The normalized spacial score (nSPS) is 17.6. The first-order valence-corrected chi connectivity index (χ1v) is 18.1. The largest absolute Gasteiger partial charge is 0.506 e. The highest BCUT2D eigenvalue weighted by Gasteiger charge is 2.49. The van der Waals surface area contributed by atoms with Gasteiger partial charge in [-0.3, -0.25) is 0 Å². The molecule has 0 aromatic heterocycles. The third kappa shape index (κ3) is 6.38. The van der Waals surface area contributed by atoms with Gasteiger partial charge in [0.15, 0.2) is 0 Å². The Bertz CT molecular complexity index is 1590. The van der Waals surface area contributed by atoms with E-state index in [4.69, 9.17) is 14.2 Å². The SMILES string of the molecule is COc1ccc(/C=C2\OC(=O)C(C3(c4cc(Br)c(O)c(Br)c4)SCCCS3)=C2c2ccc(OC(C)C)c(Br)c2)cc1Br. The molecular formula is C31H26Br4O5S2. The molecule has 2 aliphatic heterocycles. The van der Waals surface area contributed by atoms with Crippen molar-refractivity contribution in [3.8, 4) is 17.2 Å². The molecule has 0 atom stereocenters. The van der Waals surface area contributed by atoms with Crippen molar-refractivity contribution in [2.24, 2.45) is 0 Å². The lowest BCUT2D eigenvalue weighted by Gasteiger charge is -2.37. The van der Waals surface area contributed by atoms with Gasteiger partial charge in [-0.25, -0.2) is 4.79 Å². The molecule has 3 aromatic carbocycles. The fourth-order valence-electron chi connectivity index (χ4n) is 4.79. The van der Waals surface area contributed by atoms with E-state index < -0.39 is 10.0 Å². The highest BCUT2D eigenvalue weighted by molar-refractivity contribution is 9.11. The number of thioether (sulfide) groups is 2. The molecule has 1 fully saturated rings. The summed E-state index contributed by atoms with van der Waals surface area (Å²) in [5.41, 5.74) is 3.82. The van der Waals surface area contributed by atoms with Crippen LogP contribution in [-0.4, -0.2) is 35.8 Å². The number of methoxy groups -OCH3 is 1. The van der Waals surface area contributed by atoms with Crippen molar-refractivity contribution >= 4 is 105 Å². The van der Waals surface area contributed by atoms with Crippen LogP contribution in [0.3, 0.4) is 0 Å². The summed E-state index contributed by atoms with van der Waals surface area (Å²) in [6.45, 7) is 3.96. The maximum Gasteiger partial charge on any atom is 0.342 e. The van der Waals surface area contributed by atoms with Gasteiger partial charge in [0.25, 0.3) is 0 Å². The van der Waals surface area contributed by atoms with Crippen LogP contribution in [0.5, 0.6) is 17.2 Å². The summed E-state index contributed by atoms with van der Waals surface area (Å²) in [7, 11) is 1.62. The molecular weight excluding hydrogens is 836 g/mol. The molecule has 5 rings (SSSR count). The molecule has 0 unspecified atom stereocenters. The number of hydrogen-bond acceptors (Lipinski definition) is 7. The Balaban J connectivity index is 1.78. The molecule has 0 radical (unpaired) electrons. The summed E-state index contributed by atoms with van der Waals surface area (Å²) in [4.78, 5) is 14.1. The van der Waals surface area contributed by atoms with Crippen LogP contribution in [0.15, 0.2) is 77.8 Å². The van der Waals surface area contributed by atoms with Crippen molar-refractivity contribution in [1.82, 2.24) is 0 Å². The van der Waals surface area contributed by atoms with Gasteiger partial charge in [-0.15, -0.1) is 23.5 Å². The van der Waals surface area contributed by atoms with Crippen molar-refractivity contribution in [2.75, 3.05) is 18.6 Å². The van der Waals surface area contributed by atoms with Crippen LogP contribution in [0.4, 0.5) is 0 Å². The van der Waals surface area contributed by atoms with E-state index in [1.54, 1.807) is 30.6 Å². The number of carbonyl (C=O) groups is 1. The van der Waals surface area contributed by atoms with E-state index in [0.717, 1.165) is 43.6 Å². The van der Waals surface area contributed by atoms with Gasteiger partial charge in [0.2, 0.25) is 0 Å². The van der Waals surface area contributed by atoms with Crippen molar-refractivity contribution in [3.63, 3.8) is 0 Å². The van der Waals surface area contributed by atoms with Crippen LogP contribution >= 0.6 is 87.2 Å². The number of phenols is 1. The van der Waals surface area contributed by atoms with Gasteiger partial charge in [0.1, 0.15) is 27.1 Å². The summed E-state index contributed by atoms with van der Waals surface area (Å²) < 4.78 is 19.4. The molecule has 220 valence electrons.